The number of hydrogen-bond acceptors (Lipinski definition) is 1. The minimum atomic E-state index is -0.618. The lowest BCUT2D eigenvalue weighted by Crippen LogP contribution is -2.23. The van der Waals surface area contributed by atoms with E-state index in [0.29, 0.717) is 17.7 Å². The first-order valence-corrected chi connectivity index (χ1v) is 6.96. The van der Waals surface area contributed by atoms with Crippen molar-refractivity contribution in [2.75, 3.05) is 6.54 Å². The van der Waals surface area contributed by atoms with Gasteiger partial charge in [0, 0.05) is 6.07 Å². The first kappa shape index (κ1) is 15.6. The smallest absolute Gasteiger partial charge is 0.126 e. The van der Waals surface area contributed by atoms with E-state index in [0.717, 1.165) is 18.1 Å². The molecule has 1 nitrogen and oxygen atoms in total. The Bertz CT molecular complexity index is 605. The standard InChI is InChI=1S/C17H18F3N/c1-3-6-21-17(12-4-5-16(20)11(2)7-12)13-8-14(18)10-15(19)9-13/h4-5,7-10,17,21H,3,6H2,1-2H3. The molecule has 0 saturated carbocycles. The molecule has 112 valence electrons. The van der Waals surface area contributed by atoms with Gasteiger partial charge in [-0.05, 0) is 54.8 Å². The third kappa shape index (κ3) is 3.85. The summed E-state index contributed by atoms with van der Waals surface area (Å²) < 4.78 is 40.3. The number of benzene rings is 2. The molecule has 0 aliphatic heterocycles. The van der Waals surface area contributed by atoms with Crippen molar-refractivity contribution in [3.05, 3.63) is 70.5 Å². The lowest BCUT2D eigenvalue weighted by molar-refractivity contribution is 0.557. The molecule has 0 aliphatic carbocycles. The molecule has 0 radical (unpaired) electrons. The number of hydrogen-bond donors (Lipinski definition) is 1. The zero-order valence-corrected chi connectivity index (χ0v) is 12.1. The lowest BCUT2D eigenvalue weighted by Gasteiger charge is -2.20. The largest absolute Gasteiger partial charge is 0.306 e. The molecule has 1 unspecified atom stereocenters. The van der Waals surface area contributed by atoms with Crippen molar-refractivity contribution in [2.45, 2.75) is 26.3 Å². The summed E-state index contributed by atoms with van der Waals surface area (Å²) in [6.45, 7) is 4.37. The van der Waals surface area contributed by atoms with E-state index >= 15 is 0 Å². The van der Waals surface area contributed by atoms with Gasteiger partial charge in [-0.25, -0.2) is 13.2 Å². The van der Waals surface area contributed by atoms with Crippen LogP contribution in [-0.2, 0) is 0 Å². The molecule has 2 rings (SSSR count). The molecule has 2 aromatic rings. The van der Waals surface area contributed by atoms with Crippen molar-refractivity contribution in [2.24, 2.45) is 0 Å². The fourth-order valence-electron chi connectivity index (χ4n) is 2.31. The summed E-state index contributed by atoms with van der Waals surface area (Å²) in [5.41, 5.74) is 1.78. The highest BCUT2D eigenvalue weighted by atomic mass is 19.1. The van der Waals surface area contributed by atoms with Gasteiger partial charge in [-0.3, -0.25) is 0 Å². The molecule has 1 N–H and O–H groups in total. The molecule has 0 spiro atoms. The van der Waals surface area contributed by atoms with Crippen LogP contribution in [0.4, 0.5) is 13.2 Å². The molecule has 1 atom stereocenters. The Hall–Kier alpha value is -1.81. The molecule has 0 heterocycles. The van der Waals surface area contributed by atoms with Gasteiger partial charge in [0.05, 0.1) is 6.04 Å². The van der Waals surface area contributed by atoms with E-state index in [4.69, 9.17) is 0 Å². The quantitative estimate of drug-likeness (QED) is 0.855. The van der Waals surface area contributed by atoms with Crippen molar-refractivity contribution in [1.29, 1.82) is 0 Å². The highest BCUT2D eigenvalue weighted by molar-refractivity contribution is 5.35. The van der Waals surface area contributed by atoms with Gasteiger partial charge in [-0.15, -0.1) is 0 Å². The summed E-state index contributed by atoms with van der Waals surface area (Å²) in [7, 11) is 0. The summed E-state index contributed by atoms with van der Waals surface area (Å²) in [6, 6.07) is 7.79. The van der Waals surface area contributed by atoms with E-state index in [1.165, 1.54) is 18.2 Å². The number of halogens is 3. The van der Waals surface area contributed by atoms with E-state index in [-0.39, 0.29) is 11.9 Å². The second-order valence-corrected chi connectivity index (χ2v) is 5.10. The second kappa shape index (κ2) is 6.76. The maximum Gasteiger partial charge on any atom is 0.126 e. The Morgan fingerprint density at radius 2 is 1.62 bits per heavy atom. The highest BCUT2D eigenvalue weighted by Crippen LogP contribution is 2.25. The number of rotatable bonds is 5. The average molecular weight is 293 g/mol. The Labute approximate surface area is 122 Å². The van der Waals surface area contributed by atoms with E-state index < -0.39 is 11.6 Å². The van der Waals surface area contributed by atoms with Crippen LogP contribution < -0.4 is 5.32 Å². The first-order chi connectivity index (χ1) is 10.0. The molecule has 0 bridgehead atoms. The van der Waals surface area contributed by atoms with Crippen LogP contribution in [-0.4, -0.2) is 6.54 Å². The molecule has 0 fully saturated rings. The Balaban J connectivity index is 2.43. The predicted octanol–water partition coefficient (Wildman–Crippen LogP) is 4.50. The molecule has 0 amide bonds. The van der Waals surface area contributed by atoms with Crippen LogP contribution in [0.1, 0.15) is 36.1 Å². The molecule has 4 heteroatoms. The van der Waals surface area contributed by atoms with Crippen molar-refractivity contribution >= 4 is 0 Å². The van der Waals surface area contributed by atoms with Gasteiger partial charge in [-0.2, -0.15) is 0 Å². The van der Waals surface area contributed by atoms with Gasteiger partial charge >= 0.3 is 0 Å². The Morgan fingerprint density at radius 3 is 2.19 bits per heavy atom. The van der Waals surface area contributed by atoms with Crippen LogP contribution in [0.3, 0.4) is 0 Å². The Morgan fingerprint density at radius 1 is 0.952 bits per heavy atom. The maximum atomic E-state index is 13.4. The molecular formula is C17H18F3N. The van der Waals surface area contributed by atoms with Crippen molar-refractivity contribution in [1.82, 2.24) is 5.32 Å². The maximum absolute atomic E-state index is 13.4. The van der Waals surface area contributed by atoms with E-state index in [2.05, 4.69) is 5.32 Å². The lowest BCUT2D eigenvalue weighted by atomic mass is 9.96. The van der Waals surface area contributed by atoms with E-state index in [1.807, 2.05) is 6.92 Å². The fraction of sp³-hybridized carbons (Fsp3) is 0.294. The second-order valence-electron chi connectivity index (χ2n) is 5.10. The summed E-state index contributed by atoms with van der Waals surface area (Å²) >= 11 is 0. The van der Waals surface area contributed by atoms with Gasteiger partial charge in [0.1, 0.15) is 17.5 Å². The molecular weight excluding hydrogens is 275 g/mol. The number of aryl methyl sites for hydroxylation is 1. The highest BCUT2D eigenvalue weighted by Gasteiger charge is 2.16. The molecule has 2 aromatic carbocycles. The molecule has 21 heavy (non-hydrogen) atoms. The van der Waals surface area contributed by atoms with Crippen molar-refractivity contribution in [3.8, 4) is 0 Å². The monoisotopic (exact) mass is 293 g/mol. The summed E-state index contributed by atoms with van der Waals surface area (Å²) in [4.78, 5) is 0. The van der Waals surface area contributed by atoms with Crippen molar-refractivity contribution < 1.29 is 13.2 Å². The summed E-state index contributed by atoms with van der Waals surface area (Å²) in [6.07, 6.45) is 0.883. The van der Waals surface area contributed by atoms with Gasteiger partial charge < -0.3 is 5.32 Å². The average Bonchev–Trinajstić information content (AvgIpc) is 2.42. The minimum absolute atomic E-state index is 0.293. The topological polar surface area (TPSA) is 12.0 Å². The molecule has 0 saturated heterocycles. The summed E-state index contributed by atoms with van der Waals surface area (Å²) in [5, 5.41) is 3.25. The van der Waals surface area contributed by atoms with Crippen LogP contribution in [0.25, 0.3) is 0 Å². The van der Waals surface area contributed by atoms with E-state index in [1.54, 1.807) is 19.1 Å². The van der Waals surface area contributed by atoms with Crippen LogP contribution in [0.2, 0.25) is 0 Å². The van der Waals surface area contributed by atoms with Crippen LogP contribution in [0, 0.1) is 24.4 Å². The summed E-state index contributed by atoms with van der Waals surface area (Å²) in [5.74, 6) is -1.53. The fourth-order valence-corrected chi connectivity index (χ4v) is 2.31. The van der Waals surface area contributed by atoms with Gasteiger partial charge in [0.2, 0.25) is 0 Å². The SMILES string of the molecule is CCCNC(c1cc(F)cc(F)c1)c1ccc(F)c(C)c1. The first-order valence-electron chi connectivity index (χ1n) is 6.96. The molecule has 0 aromatic heterocycles. The number of nitrogens with one attached hydrogen (secondary N) is 1. The van der Waals surface area contributed by atoms with Crippen LogP contribution in [0.15, 0.2) is 36.4 Å². The zero-order valence-electron chi connectivity index (χ0n) is 12.1. The van der Waals surface area contributed by atoms with Crippen LogP contribution in [0.5, 0.6) is 0 Å². The third-order valence-corrected chi connectivity index (χ3v) is 3.33. The van der Waals surface area contributed by atoms with E-state index in [9.17, 15) is 13.2 Å². The van der Waals surface area contributed by atoms with Crippen molar-refractivity contribution in [3.63, 3.8) is 0 Å². The van der Waals surface area contributed by atoms with Gasteiger partial charge in [0.25, 0.3) is 0 Å². The normalized spacial score (nSPS) is 12.4. The van der Waals surface area contributed by atoms with Gasteiger partial charge in [0.15, 0.2) is 0 Å². The molecule has 0 aliphatic rings. The van der Waals surface area contributed by atoms with Gasteiger partial charge in [-0.1, -0.05) is 19.1 Å². The third-order valence-electron chi connectivity index (χ3n) is 3.33. The van der Waals surface area contributed by atoms with Crippen LogP contribution >= 0.6 is 0 Å². The Kier molecular flexibility index (Phi) is 5.02. The predicted molar refractivity (Wildman–Crippen MR) is 77.6 cm³/mol. The minimum Gasteiger partial charge on any atom is -0.306 e. The zero-order chi connectivity index (χ0) is 15.4.